The summed E-state index contributed by atoms with van der Waals surface area (Å²) in [7, 11) is -4.24. The van der Waals surface area contributed by atoms with E-state index in [-0.39, 0.29) is 0 Å². The second-order valence-electron chi connectivity index (χ2n) is 4.37. The summed E-state index contributed by atoms with van der Waals surface area (Å²) in [4.78, 5) is 4.11. The molecule has 1 unspecified atom stereocenters. The number of nitrogens with zero attached hydrogens (tertiary/aromatic N) is 1. The number of aromatic nitrogens is 1. The van der Waals surface area contributed by atoms with Gasteiger partial charge < -0.3 is 5.73 Å². The number of rotatable bonds is 1. The fraction of sp³-hybridized carbons (Fsp3) is 0.154. The van der Waals surface area contributed by atoms with E-state index in [0.717, 1.165) is 10.2 Å². The van der Waals surface area contributed by atoms with Crippen LogP contribution in [0.4, 0.5) is 5.13 Å². The Bertz CT molecular complexity index is 796. The van der Waals surface area contributed by atoms with E-state index in [1.54, 1.807) is 0 Å². The van der Waals surface area contributed by atoms with Crippen LogP contribution in [0.2, 0.25) is 0 Å². The van der Waals surface area contributed by atoms with Crippen LogP contribution < -0.4 is 5.73 Å². The topological polar surface area (TPSA) is 93.3 Å². The molecule has 118 valence electrons. The normalized spacial score (nSPS) is 19.7. The summed E-state index contributed by atoms with van der Waals surface area (Å²) in [6.07, 6.45) is 5.51. The molecule has 0 spiro atoms. The van der Waals surface area contributed by atoms with Gasteiger partial charge in [0, 0.05) is 0 Å². The second-order valence-corrected chi connectivity index (χ2v) is 8.42. The molecule has 0 bridgehead atoms. The Kier molecular flexibility index (Phi) is 5.14. The van der Waals surface area contributed by atoms with Crippen molar-refractivity contribution >= 4 is 60.0 Å². The third-order valence-electron chi connectivity index (χ3n) is 2.73. The molecule has 1 aliphatic rings. The Hall–Kier alpha value is -1.12. The first-order chi connectivity index (χ1) is 10.2. The summed E-state index contributed by atoms with van der Waals surface area (Å²) in [5, 5.41) is -0.653. The first-order valence-corrected chi connectivity index (χ1v) is 9.09. The first kappa shape index (κ1) is 17.2. The Morgan fingerprint density at radius 3 is 2.50 bits per heavy atom. The molecule has 1 heterocycles. The van der Waals surface area contributed by atoms with Crippen LogP contribution in [0.15, 0.2) is 48.6 Å². The standard InChI is InChI=1S/C7H6N2S.C6H6Cl2O3S/c8-7-9-5-3-1-2-4-6(5)10-7;7-6(8)4-2-1-3-5(6)12(9,10)11/h1-4H,(H2,8,9);1-5H,(H,9,10,11). The van der Waals surface area contributed by atoms with Crippen LogP contribution >= 0.6 is 34.5 Å². The summed E-state index contributed by atoms with van der Waals surface area (Å²) in [6, 6.07) is 7.92. The van der Waals surface area contributed by atoms with Gasteiger partial charge in [-0.2, -0.15) is 8.42 Å². The van der Waals surface area contributed by atoms with E-state index in [1.807, 2.05) is 24.3 Å². The van der Waals surface area contributed by atoms with Crippen LogP contribution in [0.25, 0.3) is 10.2 Å². The van der Waals surface area contributed by atoms with Crippen molar-refractivity contribution in [2.45, 2.75) is 9.58 Å². The molecule has 1 aliphatic carbocycles. The average molecular weight is 379 g/mol. The van der Waals surface area contributed by atoms with Crippen molar-refractivity contribution in [3.05, 3.63) is 48.6 Å². The molecule has 1 atom stereocenters. The summed E-state index contributed by atoms with van der Waals surface area (Å²) in [5.74, 6) is 0. The Morgan fingerprint density at radius 1 is 1.27 bits per heavy atom. The Labute approximate surface area is 141 Å². The molecule has 1 aromatic carbocycles. The number of hydrogen-bond donors (Lipinski definition) is 2. The van der Waals surface area contributed by atoms with Crippen molar-refractivity contribution in [1.29, 1.82) is 0 Å². The lowest BCUT2D eigenvalue weighted by atomic mass is 10.2. The van der Waals surface area contributed by atoms with Gasteiger partial charge in [0.1, 0.15) is 5.25 Å². The molecule has 0 saturated heterocycles. The molecule has 0 radical (unpaired) electrons. The van der Waals surface area contributed by atoms with Gasteiger partial charge in [0.05, 0.1) is 10.2 Å². The smallest absolute Gasteiger partial charge is 0.274 e. The molecule has 5 nitrogen and oxygen atoms in total. The van der Waals surface area contributed by atoms with Gasteiger partial charge in [0.15, 0.2) is 9.46 Å². The van der Waals surface area contributed by atoms with Crippen LogP contribution in [0.1, 0.15) is 0 Å². The van der Waals surface area contributed by atoms with Gasteiger partial charge in [-0.05, 0) is 18.2 Å². The lowest BCUT2D eigenvalue weighted by molar-refractivity contribution is 0.473. The van der Waals surface area contributed by atoms with Crippen molar-refractivity contribution in [3.63, 3.8) is 0 Å². The van der Waals surface area contributed by atoms with Crippen LogP contribution in [0, 0.1) is 0 Å². The zero-order valence-electron chi connectivity index (χ0n) is 11.1. The van der Waals surface area contributed by atoms with Crippen molar-refractivity contribution in [2.75, 3.05) is 5.73 Å². The minimum atomic E-state index is -4.24. The van der Waals surface area contributed by atoms with E-state index in [2.05, 4.69) is 4.98 Å². The van der Waals surface area contributed by atoms with Gasteiger partial charge in [-0.25, -0.2) is 4.98 Å². The molecule has 3 rings (SSSR count). The fourth-order valence-corrected chi connectivity index (χ4v) is 4.23. The first-order valence-electron chi connectivity index (χ1n) is 6.01. The number of anilines is 1. The molecule has 22 heavy (non-hydrogen) atoms. The maximum Gasteiger partial charge on any atom is 0.274 e. The number of fused-ring (bicyclic) bond motifs is 1. The van der Waals surface area contributed by atoms with E-state index in [1.165, 1.54) is 35.6 Å². The molecule has 2 aromatic rings. The minimum Gasteiger partial charge on any atom is -0.375 e. The number of thiazole rings is 1. The number of hydrogen-bond acceptors (Lipinski definition) is 5. The molecular weight excluding hydrogens is 367 g/mol. The van der Waals surface area contributed by atoms with E-state index in [0.29, 0.717) is 5.13 Å². The second kappa shape index (κ2) is 6.55. The number of nitrogens with two attached hydrogens (primary N) is 1. The van der Waals surface area contributed by atoms with Crippen LogP contribution in [-0.2, 0) is 10.1 Å². The van der Waals surface area contributed by atoms with Crippen LogP contribution in [0.5, 0.6) is 0 Å². The van der Waals surface area contributed by atoms with Gasteiger partial charge in [0.2, 0.25) is 0 Å². The quantitative estimate of drug-likeness (QED) is 0.585. The molecule has 3 N–H and O–H groups in total. The fourth-order valence-electron chi connectivity index (χ4n) is 1.76. The van der Waals surface area contributed by atoms with E-state index in [4.69, 9.17) is 33.5 Å². The third-order valence-corrected chi connectivity index (χ3v) is 5.74. The van der Waals surface area contributed by atoms with Crippen molar-refractivity contribution in [3.8, 4) is 0 Å². The van der Waals surface area contributed by atoms with Crippen LogP contribution in [-0.4, -0.2) is 27.5 Å². The summed E-state index contributed by atoms with van der Waals surface area (Å²) < 4.78 is 29.7. The van der Waals surface area contributed by atoms with E-state index < -0.39 is 19.7 Å². The molecule has 0 amide bonds. The SMILES string of the molecule is Nc1nc2ccccc2s1.O=S(=O)(O)C1C=CC=CC1(Cl)Cl. The van der Waals surface area contributed by atoms with Gasteiger partial charge in [-0.1, -0.05) is 64.9 Å². The summed E-state index contributed by atoms with van der Waals surface area (Å²) in [5.41, 5.74) is 6.49. The zero-order chi connectivity index (χ0) is 16.4. The molecule has 0 saturated carbocycles. The maximum absolute atomic E-state index is 10.7. The number of nitrogen functional groups attached to an aromatic ring is 1. The number of allylic oxidation sites excluding steroid dienone is 3. The van der Waals surface area contributed by atoms with Crippen molar-refractivity contribution < 1.29 is 13.0 Å². The Balaban J connectivity index is 0.000000162. The van der Waals surface area contributed by atoms with Gasteiger partial charge in [0.25, 0.3) is 10.1 Å². The number of para-hydroxylation sites is 1. The maximum atomic E-state index is 10.7. The van der Waals surface area contributed by atoms with Gasteiger partial charge in [-0.3, -0.25) is 4.55 Å². The van der Waals surface area contributed by atoms with Crippen molar-refractivity contribution in [2.24, 2.45) is 0 Å². The van der Waals surface area contributed by atoms with E-state index >= 15 is 0 Å². The number of benzene rings is 1. The predicted molar refractivity (Wildman–Crippen MR) is 92.1 cm³/mol. The zero-order valence-corrected chi connectivity index (χ0v) is 14.2. The molecule has 1 aromatic heterocycles. The molecule has 0 aliphatic heterocycles. The summed E-state index contributed by atoms with van der Waals surface area (Å²) in [6.45, 7) is 0. The average Bonchev–Trinajstić information content (AvgIpc) is 2.77. The predicted octanol–water partition coefficient (Wildman–Crippen LogP) is 3.42. The van der Waals surface area contributed by atoms with Gasteiger partial charge in [-0.15, -0.1) is 0 Å². The Morgan fingerprint density at radius 2 is 1.95 bits per heavy atom. The third kappa shape index (κ3) is 4.21. The lowest BCUT2D eigenvalue weighted by Crippen LogP contribution is -2.35. The van der Waals surface area contributed by atoms with Crippen molar-refractivity contribution in [1.82, 2.24) is 4.98 Å². The van der Waals surface area contributed by atoms with Crippen LogP contribution in [0.3, 0.4) is 0 Å². The van der Waals surface area contributed by atoms with Gasteiger partial charge >= 0.3 is 0 Å². The number of alkyl halides is 2. The highest BCUT2D eigenvalue weighted by molar-refractivity contribution is 7.86. The monoisotopic (exact) mass is 378 g/mol. The highest BCUT2D eigenvalue weighted by atomic mass is 35.5. The molecular formula is C13H12Cl2N2O3S2. The largest absolute Gasteiger partial charge is 0.375 e. The molecule has 9 heteroatoms. The summed E-state index contributed by atoms with van der Waals surface area (Å²) >= 11 is 12.7. The highest BCUT2D eigenvalue weighted by Gasteiger charge is 2.40. The highest BCUT2D eigenvalue weighted by Crippen LogP contribution is 2.34. The van der Waals surface area contributed by atoms with E-state index in [9.17, 15) is 8.42 Å². The molecule has 0 fully saturated rings. The lowest BCUT2D eigenvalue weighted by Gasteiger charge is -2.23. The minimum absolute atomic E-state index is 0.640. The number of halogens is 2.